The van der Waals surface area contributed by atoms with Crippen LogP contribution >= 0.6 is 0 Å². The first-order valence-electron chi connectivity index (χ1n) is 12.3. The minimum Gasteiger partial charge on any atom is -0.333 e. The third-order valence-corrected chi connectivity index (χ3v) is 6.75. The molecule has 190 valence electrons. The van der Waals surface area contributed by atoms with E-state index < -0.39 is 5.54 Å². The standard InChI is InChI=1S/C28H29FN6O2/c1-18(2)21-15-23(19-8-10-20(29)11-9-19)32-35-16-24(31-25(21)35)27(37)34-14-13-33(17-28(34,3)4)26(36)22-7-5-6-12-30-22/h5-12,15-16,18H,13-14,17H2,1-4H3. The fourth-order valence-corrected chi connectivity index (χ4v) is 4.78. The second-order valence-corrected chi connectivity index (χ2v) is 10.3. The Balaban J connectivity index is 1.44. The summed E-state index contributed by atoms with van der Waals surface area (Å²) >= 11 is 0. The third kappa shape index (κ3) is 4.69. The molecule has 1 aliphatic rings. The van der Waals surface area contributed by atoms with Crippen molar-refractivity contribution in [1.29, 1.82) is 0 Å². The van der Waals surface area contributed by atoms with E-state index in [2.05, 4.69) is 28.9 Å². The number of rotatable bonds is 4. The van der Waals surface area contributed by atoms with Gasteiger partial charge >= 0.3 is 0 Å². The Morgan fingerprint density at radius 3 is 2.41 bits per heavy atom. The van der Waals surface area contributed by atoms with E-state index in [0.29, 0.717) is 42.4 Å². The summed E-state index contributed by atoms with van der Waals surface area (Å²) in [5.41, 5.74) is 3.09. The van der Waals surface area contributed by atoms with Gasteiger partial charge in [-0.25, -0.2) is 13.9 Å². The molecule has 1 fully saturated rings. The molecule has 9 heteroatoms. The normalized spacial score (nSPS) is 15.4. The van der Waals surface area contributed by atoms with Gasteiger partial charge in [-0.05, 0) is 62.2 Å². The summed E-state index contributed by atoms with van der Waals surface area (Å²) < 4.78 is 15.1. The molecule has 1 aromatic carbocycles. The molecule has 0 radical (unpaired) electrons. The average molecular weight is 501 g/mol. The number of fused-ring (bicyclic) bond motifs is 1. The SMILES string of the molecule is CC(C)c1cc(-c2ccc(F)cc2)nn2cc(C(=O)N3CCN(C(=O)c4ccccn4)CC3(C)C)nc12. The maximum absolute atomic E-state index is 13.7. The first kappa shape index (κ1) is 24.5. The van der Waals surface area contributed by atoms with Crippen molar-refractivity contribution in [3.05, 3.63) is 83.7 Å². The summed E-state index contributed by atoms with van der Waals surface area (Å²) in [7, 11) is 0. The van der Waals surface area contributed by atoms with E-state index in [1.54, 1.807) is 57.0 Å². The van der Waals surface area contributed by atoms with Crippen LogP contribution in [0.25, 0.3) is 16.9 Å². The van der Waals surface area contributed by atoms with Crippen molar-refractivity contribution in [1.82, 2.24) is 29.4 Å². The summed E-state index contributed by atoms with van der Waals surface area (Å²) in [6.45, 7) is 9.17. The third-order valence-electron chi connectivity index (χ3n) is 6.75. The average Bonchev–Trinajstić information content (AvgIpc) is 3.32. The lowest BCUT2D eigenvalue weighted by Crippen LogP contribution is -2.62. The van der Waals surface area contributed by atoms with Gasteiger partial charge in [-0.15, -0.1) is 0 Å². The van der Waals surface area contributed by atoms with Crippen LogP contribution in [0.3, 0.4) is 0 Å². The van der Waals surface area contributed by atoms with Gasteiger partial charge in [0.15, 0.2) is 5.65 Å². The lowest BCUT2D eigenvalue weighted by atomic mass is 9.97. The zero-order chi connectivity index (χ0) is 26.3. The second-order valence-electron chi connectivity index (χ2n) is 10.3. The van der Waals surface area contributed by atoms with E-state index in [0.717, 1.165) is 11.1 Å². The molecule has 0 unspecified atom stereocenters. The van der Waals surface area contributed by atoms with E-state index in [-0.39, 0.29) is 23.5 Å². The van der Waals surface area contributed by atoms with Gasteiger partial charge in [0.2, 0.25) is 0 Å². The van der Waals surface area contributed by atoms with Crippen molar-refractivity contribution >= 4 is 17.5 Å². The van der Waals surface area contributed by atoms with E-state index in [4.69, 9.17) is 0 Å². The fraction of sp³-hybridized carbons (Fsp3) is 0.321. The summed E-state index contributed by atoms with van der Waals surface area (Å²) in [6.07, 6.45) is 3.25. The number of pyridine rings is 1. The Bertz CT molecular complexity index is 1460. The Labute approximate surface area is 214 Å². The van der Waals surface area contributed by atoms with E-state index in [1.165, 1.54) is 12.1 Å². The highest BCUT2D eigenvalue weighted by molar-refractivity contribution is 5.95. The second kappa shape index (κ2) is 9.38. The largest absolute Gasteiger partial charge is 0.333 e. The molecule has 0 N–H and O–H groups in total. The number of hydrogen-bond donors (Lipinski definition) is 0. The molecule has 0 aliphatic carbocycles. The highest BCUT2D eigenvalue weighted by atomic mass is 19.1. The maximum atomic E-state index is 13.7. The number of amides is 2. The van der Waals surface area contributed by atoms with Gasteiger partial charge < -0.3 is 9.80 Å². The fourth-order valence-electron chi connectivity index (χ4n) is 4.78. The number of imidazole rings is 1. The molecule has 4 aromatic rings. The summed E-state index contributed by atoms with van der Waals surface area (Å²) in [6, 6.07) is 13.4. The molecule has 37 heavy (non-hydrogen) atoms. The van der Waals surface area contributed by atoms with Crippen molar-refractivity contribution in [3.8, 4) is 11.3 Å². The summed E-state index contributed by atoms with van der Waals surface area (Å²) in [4.78, 5) is 39.0. The number of nitrogens with zero attached hydrogens (tertiary/aromatic N) is 6. The van der Waals surface area contributed by atoms with Crippen molar-refractivity contribution in [2.75, 3.05) is 19.6 Å². The smallest absolute Gasteiger partial charge is 0.274 e. The predicted molar refractivity (Wildman–Crippen MR) is 138 cm³/mol. The zero-order valence-corrected chi connectivity index (χ0v) is 21.3. The van der Waals surface area contributed by atoms with Gasteiger partial charge in [0.1, 0.15) is 17.2 Å². The molecular weight excluding hydrogens is 471 g/mol. The van der Waals surface area contributed by atoms with Crippen LogP contribution in [0.5, 0.6) is 0 Å². The number of hydrogen-bond acceptors (Lipinski definition) is 5. The highest BCUT2D eigenvalue weighted by Gasteiger charge is 2.40. The van der Waals surface area contributed by atoms with Crippen LogP contribution in [-0.4, -0.2) is 66.4 Å². The molecule has 0 saturated carbocycles. The Hall–Kier alpha value is -4.14. The molecule has 2 amide bonds. The molecule has 0 atom stereocenters. The summed E-state index contributed by atoms with van der Waals surface area (Å²) in [5.74, 6) is -0.535. The van der Waals surface area contributed by atoms with Crippen molar-refractivity contribution in [2.24, 2.45) is 0 Å². The van der Waals surface area contributed by atoms with Crippen LogP contribution in [0.1, 0.15) is 60.2 Å². The quantitative estimate of drug-likeness (QED) is 0.414. The van der Waals surface area contributed by atoms with E-state index in [1.807, 2.05) is 19.9 Å². The van der Waals surface area contributed by atoms with Crippen LogP contribution in [-0.2, 0) is 0 Å². The van der Waals surface area contributed by atoms with Crippen molar-refractivity contribution in [2.45, 2.75) is 39.2 Å². The molecule has 0 spiro atoms. The first-order chi connectivity index (χ1) is 17.6. The molecule has 5 rings (SSSR count). The lowest BCUT2D eigenvalue weighted by molar-refractivity contribution is 0.0163. The molecule has 1 saturated heterocycles. The Kier molecular flexibility index (Phi) is 6.23. The molecular formula is C28H29FN6O2. The molecule has 0 bridgehead atoms. The number of halogens is 1. The van der Waals surface area contributed by atoms with Gasteiger partial charge in [0.25, 0.3) is 11.8 Å². The Morgan fingerprint density at radius 2 is 1.76 bits per heavy atom. The maximum Gasteiger partial charge on any atom is 0.274 e. The predicted octanol–water partition coefficient (Wildman–Crippen LogP) is 4.43. The first-order valence-corrected chi connectivity index (χ1v) is 12.3. The van der Waals surface area contributed by atoms with E-state index >= 15 is 0 Å². The number of carbonyl (C=O) groups is 2. The van der Waals surface area contributed by atoms with E-state index in [9.17, 15) is 14.0 Å². The van der Waals surface area contributed by atoms with Crippen LogP contribution < -0.4 is 0 Å². The van der Waals surface area contributed by atoms with Crippen LogP contribution in [0.2, 0.25) is 0 Å². The molecule has 8 nitrogen and oxygen atoms in total. The number of aromatic nitrogens is 4. The number of benzene rings is 1. The van der Waals surface area contributed by atoms with Crippen LogP contribution in [0.15, 0.2) is 60.9 Å². The minimum absolute atomic E-state index is 0.132. The Morgan fingerprint density at radius 1 is 1.00 bits per heavy atom. The van der Waals surface area contributed by atoms with Gasteiger partial charge in [-0.2, -0.15) is 5.10 Å². The molecule has 3 aromatic heterocycles. The highest BCUT2D eigenvalue weighted by Crippen LogP contribution is 2.28. The van der Waals surface area contributed by atoms with Crippen LogP contribution in [0.4, 0.5) is 4.39 Å². The van der Waals surface area contributed by atoms with Gasteiger partial charge in [-0.3, -0.25) is 14.6 Å². The van der Waals surface area contributed by atoms with Crippen molar-refractivity contribution in [3.63, 3.8) is 0 Å². The zero-order valence-electron chi connectivity index (χ0n) is 21.3. The number of carbonyl (C=O) groups excluding carboxylic acids is 2. The van der Waals surface area contributed by atoms with Gasteiger partial charge in [0, 0.05) is 37.0 Å². The van der Waals surface area contributed by atoms with Gasteiger partial charge in [0.05, 0.1) is 17.4 Å². The molecule has 4 heterocycles. The molecule has 1 aliphatic heterocycles. The van der Waals surface area contributed by atoms with Crippen LogP contribution in [0, 0.1) is 5.82 Å². The lowest BCUT2D eigenvalue weighted by Gasteiger charge is -2.46. The van der Waals surface area contributed by atoms with Gasteiger partial charge in [-0.1, -0.05) is 19.9 Å². The van der Waals surface area contributed by atoms with Crippen molar-refractivity contribution < 1.29 is 14.0 Å². The number of piperazine rings is 1. The topological polar surface area (TPSA) is 83.7 Å². The summed E-state index contributed by atoms with van der Waals surface area (Å²) in [5, 5.41) is 4.67. The monoisotopic (exact) mass is 500 g/mol. The minimum atomic E-state index is -0.608.